The largest absolute Gasteiger partial charge is 0.497 e. The molecule has 0 amide bonds. The Hall–Kier alpha value is -3.09. The molecule has 2 rings (SSSR count). The molecule has 7 nitrogen and oxygen atoms in total. The Morgan fingerprint density at radius 3 is 2.48 bits per heavy atom. The minimum atomic E-state index is -0.0498. The molecule has 0 aliphatic carbocycles. The van der Waals surface area contributed by atoms with Crippen LogP contribution in [0.25, 0.3) is 0 Å². The van der Waals surface area contributed by atoms with Crippen LogP contribution in [0, 0.1) is 0 Å². The van der Waals surface area contributed by atoms with Crippen LogP contribution in [0.1, 0.15) is 19.4 Å². The van der Waals surface area contributed by atoms with Crippen LogP contribution in [0.3, 0.4) is 0 Å². The lowest BCUT2D eigenvalue weighted by Gasteiger charge is -2.18. The maximum atomic E-state index is 5.93. The van der Waals surface area contributed by atoms with Gasteiger partial charge in [-0.2, -0.15) is 0 Å². The second-order valence-corrected chi connectivity index (χ2v) is 6.33. The molecule has 0 aromatic heterocycles. The Labute approximate surface area is 173 Å². The van der Waals surface area contributed by atoms with E-state index in [0.29, 0.717) is 25.7 Å². The zero-order chi connectivity index (χ0) is 21.1. The van der Waals surface area contributed by atoms with E-state index in [2.05, 4.69) is 15.6 Å². The molecule has 29 heavy (non-hydrogen) atoms. The number of hydrogen-bond donors (Lipinski definition) is 2. The third-order valence-electron chi connectivity index (χ3n) is 4.15. The molecule has 1 atom stereocenters. The number of nitrogens with one attached hydrogen (secondary N) is 2. The Morgan fingerprint density at radius 1 is 1.00 bits per heavy atom. The van der Waals surface area contributed by atoms with E-state index in [1.165, 1.54) is 0 Å². The van der Waals surface area contributed by atoms with E-state index >= 15 is 0 Å². The van der Waals surface area contributed by atoms with Gasteiger partial charge in [0.25, 0.3) is 0 Å². The standard InChI is InChI=1S/C22H31N3O4/c1-6-28-21-12-17(10-11-20(21)27-5)15-25-22(23-3)24-14-16(2)29-19-9-7-8-18(13-19)26-4/h7-13,16H,6,14-15H2,1-5H3,(H2,23,24,25). The van der Waals surface area contributed by atoms with Crippen molar-refractivity contribution in [1.82, 2.24) is 10.6 Å². The van der Waals surface area contributed by atoms with Crippen LogP contribution in [0.4, 0.5) is 0 Å². The fraction of sp³-hybridized carbons (Fsp3) is 0.409. The smallest absolute Gasteiger partial charge is 0.191 e. The summed E-state index contributed by atoms with van der Waals surface area (Å²) in [6.07, 6.45) is -0.0498. The maximum Gasteiger partial charge on any atom is 0.191 e. The highest BCUT2D eigenvalue weighted by Crippen LogP contribution is 2.28. The lowest BCUT2D eigenvalue weighted by Crippen LogP contribution is -2.41. The number of rotatable bonds is 10. The first-order valence-corrected chi connectivity index (χ1v) is 9.64. The van der Waals surface area contributed by atoms with Crippen molar-refractivity contribution in [3.63, 3.8) is 0 Å². The van der Waals surface area contributed by atoms with Crippen LogP contribution in [0.5, 0.6) is 23.0 Å². The highest BCUT2D eigenvalue weighted by Gasteiger charge is 2.08. The van der Waals surface area contributed by atoms with E-state index in [4.69, 9.17) is 18.9 Å². The summed E-state index contributed by atoms with van der Waals surface area (Å²) in [4.78, 5) is 4.26. The van der Waals surface area contributed by atoms with Gasteiger partial charge in [-0.05, 0) is 43.7 Å². The van der Waals surface area contributed by atoms with Crippen molar-refractivity contribution >= 4 is 5.96 Å². The zero-order valence-corrected chi connectivity index (χ0v) is 17.8. The van der Waals surface area contributed by atoms with Crippen molar-refractivity contribution in [1.29, 1.82) is 0 Å². The molecule has 1 unspecified atom stereocenters. The molecule has 0 fully saturated rings. The average molecular weight is 402 g/mol. The molecule has 0 aliphatic heterocycles. The summed E-state index contributed by atoms with van der Waals surface area (Å²) >= 11 is 0. The predicted molar refractivity (Wildman–Crippen MR) is 115 cm³/mol. The SMILES string of the molecule is CCOc1cc(CNC(=NC)NCC(C)Oc2cccc(OC)c2)ccc1OC. The summed E-state index contributed by atoms with van der Waals surface area (Å²) in [5, 5.41) is 6.57. The minimum absolute atomic E-state index is 0.0498. The third kappa shape index (κ3) is 7.10. The van der Waals surface area contributed by atoms with Crippen LogP contribution in [-0.4, -0.2) is 46.5 Å². The Balaban J connectivity index is 1.85. The van der Waals surface area contributed by atoms with E-state index in [-0.39, 0.29) is 6.10 Å². The summed E-state index contributed by atoms with van der Waals surface area (Å²) in [5.74, 6) is 3.69. The number of hydrogen-bond acceptors (Lipinski definition) is 5. The van der Waals surface area contributed by atoms with Gasteiger partial charge in [-0.3, -0.25) is 4.99 Å². The van der Waals surface area contributed by atoms with Crippen LogP contribution in [0.15, 0.2) is 47.5 Å². The molecule has 0 heterocycles. The minimum Gasteiger partial charge on any atom is -0.497 e. The van der Waals surface area contributed by atoms with Crippen LogP contribution in [-0.2, 0) is 6.54 Å². The number of ether oxygens (including phenoxy) is 4. The molecule has 0 saturated heterocycles. The van der Waals surface area contributed by atoms with E-state index in [1.807, 2.05) is 56.3 Å². The van der Waals surface area contributed by atoms with Crippen molar-refractivity contribution in [3.05, 3.63) is 48.0 Å². The first-order chi connectivity index (χ1) is 14.1. The third-order valence-corrected chi connectivity index (χ3v) is 4.15. The van der Waals surface area contributed by atoms with Gasteiger partial charge >= 0.3 is 0 Å². The molecule has 2 aromatic rings. The highest BCUT2D eigenvalue weighted by molar-refractivity contribution is 5.79. The van der Waals surface area contributed by atoms with Gasteiger partial charge in [-0.25, -0.2) is 0 Å². The second-order valence-electron chi connectivity index (χ2n) is 6.33. The van der Waals surface area contributed by atoms with E-state index in [9.17, 15) is 0 Å². The molecule has 0 spiro atoms. The van der Waals surface area contributed by atoms with Gasteiger partial charge in [-0.15, -0.1) is 0 Å². The van der Waals surface area contributed by atoms with Crippen molar-refractivity contribution in [2.45, 2.75) is 26.5 Å². The van der Waals surface area contributed by atoms with Gasteiger partial charge in [-0.1, -0.05) is 12.1 Å². The van der Waals surface area contributed by atoms with E-state index < -0.39 is 0 Å². The molecule has 2 N–H and O–H groups in total. The predicted octanol–water partition coefficient (Wildman–Crippen LogP) is 3.24. The number of guanidine groups is 1. The van der Waals surface area contributed by atoms with Gasteiger partial charge in [0.1, 0.15) is 17.6 Å². The van der Waals surface area contributed by atoms with Gasteiger partial charge in [0.2, 0.25) is 0 Å². The molecule has 7 heteroatoms. The molecule has 0 saturated carbocycles. The van der Waals surface area contributed by atoms with Crippen LogP contribution < -0.4 is 29.6 Å². The normalized spacial score (nSPS) is 12.1. The van der Waals surface area contributed by atoms with Crippen molar-refractivity contribution in [3.8, 4) is 23.0 Å². The van der Waals surface area contributed by atoms with Gasteiger partial charge in [0.05, 0.1) is 27.4 Å². The maximum absolute atomic E-state index is 5.93. The fourth-order valence-electron chi connectivity index (χ4n) is 2.69. The monoisotopic (exact) mass is 401 g/mol. The first kappa shape index (κ1) is 22.2. The van der Waals surface area contributed by atoms with Gasteiger partial charge < -0.3 is 29.6 Å². The van der Waals surface area contributed by atoms with Crippen LogP contribution >= 0.6 is 0 Å². The van der Waals surface area contributed by atoms with Gasteiger partial charge in [0.15, 0.2) is 17.5 Å². The zero-order valence-electron chi connectivity index (χ0n) is 17.8. The molecule has 2 aromatic carbocycles. The van der Waals surface area contributed by atoms with Crippen molar-refractivity contribution in [2.24, 2.45) is 4.99 Å². The molecule has 0 bridgehead atoms. The van der Waals surface area contributed by atoms with Crippen molar-refractivity contribution < 1.29 is 18.9 Å². The summed E-state index contributed by atoms with van der Waals surface area (Å²) in [6, 6.07) is 13.4. The average Bonchev–Trinajstić information content (AvgIpc) is 2.74. The number of nitrogens with zero attached hydrogens (tertiary/aromatic N) is 1. The number of aliphatic imine (C=N–C) groups is 1. The first-order valence-electron chi connectivity index (χ1n) is 9.64. The summed E-state index contributed by atoms with van der Waals surface area (Å²) in [7, 11) is 5.01. The van der Waals surface area contributed by atoms with E-state index in [0.717, 1.165) is 28.6 Å². The molecule has 0 aliphatic rings. The van der Waals surface area contributed by atoms with Crippen LogP contribution in [0.2, 0.25) is 0 Å². The highest BCUT2D eigenvalue weighted by atomic mass is 16.5. The Bertz CT molecular complexity index is 795. The lowest BCUT2D eigenvalue weighted by atomic mass is 10.2. The second kappa shape index (κ2) is 11.7. The molecule has 0 radical (unpaired) electrons. The number of methoxy groups -OCH3 is 2. The summed E-state index contributed by atoms with van der Waals surface area (Å²) in [6.45, 7) is 5.74. The van der Waals surface area contributed by atoms with E-state index in [1.54, 1.807) is 21.3 Å². The molecule has 158 valence electrons. The summed E-state index contributed by atoms with van der Waals surface area (Å²) < 4.78 is 22.1. The summed E-state index contributed by atoms with van der Waals surface area (Å²) in [5.41, 5.74) is 1.07. The van der Waals surface area contributed by atoms with Gasteiger partial charge in [0, 0.05) is 19.7 Å². The molecular weight excluding hydrogens is 370 g/mol. The Morgan fingerprint density at radius 2 is 1.79 bits per heavy atom. The quantitative estimate of drug-likeness (QED) is 0.470. The van der Waals surface area contributed by atoms with Crippen molar-refractivity contribution in [2.75, 3.05) is 34.4 Å². The topological polar surface area (TPSA) is 73.3 Å². The molecular formula is C22H31N3O4. The number of benzene rings is 2. The Kier molecular flexibility index (Phi) is 8.95. The fourth-order valence-corrected chi connectivity index (χ4v) is 2.69. The lowest BCUT2D eigenvalue weighted by molar-refractivity contribution is 0.223.